The summed E-state index contributed by atoms with van der Waals surface area (Å²) in [6.07, 6.45) is -0.686. The number of benzene rings is 1. The Morgan fingerprint density at radius 1 is 1.67 bits per heavy atom. The fourth-order valence-electron chi connectivity index (χ4n) is 0.932. The monoisotopic (exact) mass is 292 g/mol. The van der Waals surface area contributed by atoms with Crippen LogP contribution in [0.2, 0.25) is 5.02 Å². The highest BCUT2D eigenvalue weighted by molar-refractivity contribution is 9.10. The van der Waals surface area contributed by atoms with Gasteiger partial charge in [-0.25, -0.2) is 5.84 Å². The van der Waals surface area contributed by atoms with E-state index in [0.717, 1.165) is 4.47 Å². The van der Waals surface area contributed by atoms with Gasteiger partial charge < -0.3 is 4.74 Å². The van der Waals surface area contributed by atoms with E-state index in [2.05, 4.69) is 15.9 Å². The summed E-state index contributed by atoms with van der Waals surface area (Å²) in [5, 5.41) is 0.432. The SMILES string of the molecule is C[C@@H](Oc1ccc(Br)cc1Cl)C(=O)NN. The molecule has 0 aliphatic rings. The van der Waals surface area contributed by atoms with E-state index >= 15 is 0 Å². The van der Waals surface area contributed by atoms with E-state index in [-0.39, 0.29) is 0 Å². The lowest BCUT2D eigenvalue weighted by Crippen LogP contribution is -2.40. The first-order valence-corrected chi connectivity index (χ1v) is 5.34. The smallest absolute Gasteiger partial charge is 0.274 e. The van der Waals surface area contributed by atoms with Gasteiger partial charge in [0, 0.05) is 4.47 Å². The molecule has 0 aliphatic heterocycles. The second-order valence-electron chi connectivity index (χ2n) is 2.84. The van der Waals surface area contributed by atoms with Gasteiger partial charge in [0.25, 0.3) is 5.91 Å². The maximum atomic E-state index is 11.1. The quantitative estimate of drug-likeness (QED) is 0.508. The molecule has 1 amide bonds. The zero-order chi connectivity index (χ0) is 11.4. The first-order chi connectivity index (χ1) is 7.04. The van der Waals surface area contributed by atoms with Crippen LogP contribution < -0.4 is 16.0 Å². The van der Waals surface area contributed by atoms with Crippen LogP contribution in [0.5, 0.6) is 5.75 Å². The van der Waals surface area contributed by atoms with Gasteiger partial charge in [0.15, 0.2) is 6.10 Å². The Kier molecular flexibility index (Phi) is 4.38. The number of amides is 1. The van der Waals surface area contributed by atoms with Gasteiger partial charge in [0.05, 0.1) is 5.02 Å². The molecule has 1 aromatic rings. The predicted molar refractivity (Wildman–Crippen MR) is 61.6 cm³/mol. The summed E-state index contributed by atoms with van der Waals surface area (Å²) in [7, 11) is 0. The van der Waals surface area contributed by atoms with Gasteiger partial charge in [-0.15, -0.1) is 0 Å². The molecule has 0 aromatic heterocycles. The second kappa shape index (κ2) is 5.34. The first kappa shape index (κ1) is 12.3. The van der Waals surface area contributed by atoms with Crippen molar-refractivity contribution in [2.45, 2.75) is 13.0 Å². The highest BCUT2D eigenvalue weighted by Gasteiger charge is 2.14. The third kappa shape index (κ3) is 3.37. The van der Waals surface area contributed by atoms with E-state index in [1.165, 1.54) is 0 Å². The highest BCUT2D eigenvalue weighted by Crippen LogP contribution is 2.28. The molecule has 0 radical (unpaired) electrons. The van der Waals surface area contributed by atoms with Crippen molar-refractivity contribution in [1.29, 1.82) is 0 Å². The van der Waals surface area contributed by atoms with Crippen LogP contribution in [0.15, 0.2) is 22.7 Å². The molecule has 82 valence electrons. The van der Waals surface area contributed by atoms with E-state index < -0.39 is 12.0 Å². The molecule has 0 unspecified atom stereocenters. The lowest BCUT2D eigenvalue weighted by atomic mass is 10.3. The minimum atomic E-state index is -0.686. The van der Waals surface area contributed by atoms with Crippen molar-refractivity contribution in [1.82, 2.24) is 5.43 Å². The summed E-state index contributed by atoms with van der Waals surface area (Å²) in [5.41, 5.74) is 2.00. The van der Waals surface area contributed by atoms with Gasteiger partial charge in [0.1, 0.15) is 5.75 Å². The van der Waals surface area contributed by atoms with Crippen LogP contribution in [0.25, 0.3) is 0 Å². The highest BCUT2D eigenvalue weighted by atomic mass is 79.9. The number of halogens is 2. The number of hydrazine groups is 1. The largest absolute Gasteiger partial charge is 0.479 e. The van der Waals surface area contributed by atoms with E-state index in [9.17, 15) is 4.79 Å². The Morgan fingerprint density at radius 3 is 2.87 bits per heavy atom. The molecule has 0 bridgehead atoms. The molecule has 0 aliphatic carbocycles. The third-order valence-corrected chi connectivity index (χ3v) is 2.50. The summed E-state index contributed by atoms with van der Waals surface area (Å²) in [5.74, 6) is 5.00. The van der Waals surface area contributed by atoms with E-state index in [1.807, 2.05) is 5.43 Å². The summed E-state index contributed by atoms with van der Waals surface area (Å²) >= 11 is 9.17. The van der Waals surface area contributed by atoms with Crippen molar-refractivity contribution >= 4 is 33.4 Å². The number of carbonyl (C=O) groups excluding carboxylic acids is 1. The molecular formula is C9H10BrClN2O2. The summed E-state index contributed by atoms with van der Waals surface area (Å²) in [4.78, 5) is 11.1. The summed E-state index contributed by atoms with van der Waals surface area (Å²) < 4.78 is 6.15. The standard InChI is InChI=1S/C9H10BrClN2O2/c1-5(9(14)13-12)15-8-3-2-6(10)4-7(8)11/h2-5H,12H2,1H3,(H,13,14)/t5-/m1/s1. The third-order valence-electron chi connectivity index (χ3n) is 1.71. The fraction of sp³-hybridized carbons (Fsp3) is 0.222. The Bertz CT molecular complexity index is 373. The molecule has 0 fully saturated rings. The van der Waals surface area contributed by atoms with Crippen molar-refractivity contribution in [3.63, 3.8) is 0 Å². The number of hydrogen-bond donors (Lipinski definition) is 2. The normalized spacial score (nSPS) is 12.0. The van der Waals surface area contributed by atoms with Crippen LogP contribution in [-0.4, -0.2) is 12.0 Å². The first-order valence-electron chi connectivity index (χ1n) is 4.16. The minimum Gasteiger partial charge on any atom is -0.479 e. The van der Waals surface area contributed by atoms with Crippen LogP contribution in [-0.2, 0) is 4.79 Å². The Labute approximate surface area is 101 Å². The zero-order valence-corrected chi connectivity index (χ0v) is 10.3. The number of ether oxygens (including phenoxy) is 1. The minimum absolute atomic E-state index is 0.408. The lowest BCUT2D eigenvalue weighted by molar-refractivity contribution is -0.127. The molecule has 4 nitrogen and oxygen atoms in total. The average molecular weight is 294 g/mol. The van der Waals surface area contributed by atoms with Gasteiger partial charge in [-0.3, -0.25) is 10.2 Å². The summed E-state index contributed by atoms with van der Waals surface area (Å²) in [6, 6.07) is 5.13. The zero-order valence-electron chi connectivity index (χ0n) is 7.96. The molecular weight excluding hydrogens is 283 g/mol. The molecule has 0 saturated carbocycles. The number of nitrogens with two attached hydrogens (primary N) is 1. The Hall–Kier alpha value is -0.780. The van der Waals surface area contributed by atoms with E-state index in [0.29, 0.717) is 10.8 Å². The van der Waals surface area contributed by atoms with Gasteiger partial charge in [-0.1, -0.05) is 27.5 Å². The van der Waals surface area contributed by atoms with E-state index in [4.69, 9.17) is 22.2 Å². The average Bonchev–Trinajstić information content (AvgIpc) is 2.20. The topological polar surface area (TPSA) is 64.3 Å². The van der Waals surface area contributed by atoms with Crippen molar-refractivity contribution in [3.05, 3.63) is 27.7 Å². The van der Waals surface area contributed by atoms with Crippen LogP contribution >= 0.6 is 27.5 Å². The molecule has 0 spiro atoms. The Morgan fingerprint density at radius 2 is 2.33 bits per heavy atom. The van der Waals surface area contributed by atoms with Crippen LogP contribution in [0, 0.1) is 0 Å². The van der Waals surface area contributed by atoms with Gasteiger partial charge >= 0.3 is 0 Å². The molecule has 0 saturated heterocycles. The molecule has 6 heteroatoms. The molecule has 1 aromatic carbocycles. The fourth-order valence-corrected chi connectivity index (χ4v) is 1.65. The van der Waals surface area contributed by atoms with Gasteiger partial charge in [-0.2, -0.15) is 0 Å². The van der Waals surface area contributed by atoms with Crippen molar-refractivity contribution in [2.75, 3.05) is 0 Å². The molecule has 15 heavy (non-hydrogen) atoms. The molecule has 1 rings (SSSR count). The van der Waals surface area contributed by atoms with Crippen LogP contribution in [0.4, 0.5) is 0 Å². The Balaban J connectivity index is 2.76. The molecule has 0 heterocycles. The number of rotatable bonds is 3. The second-order valence-corrected chi connectivity index (χ2v) is 4.17. The maximum absolute atomic E-state index is 11.1. The van der Waals surface area contributed by atoms with Crippen LogP contribution in [0.1, 0.15) is 6.92 Å². The summed E-state index contributed by atoms with van der Waals surface area (Å²) in [6.45, 7) is 1.58. The van der Waals surface area contributed by atoms with Crippen LogP contribution in [0.3, 0.4) is 0 Å². The van der Waals surface area contributed by atoms with Crippen molar-refractivity contribution < 1.29 is 9.53 Å². The van der Waals surface area contributed by atoms with Gasteiger partial charge in [-0.05, 0) is 25.1 Å². The maximum Gasteiger partial charge on any atom is 0.274 e. The molecule has 1 atom stereocenters. The number of nitrogens with one attached hydrogen (secondary N) is 1. The molecule has 3 N–H and O–H groups in total. The number of hydrogen-bond acceptors (Lipinski definition) is 3. The number of carbonyl (C=O) groups is 1. The predicted octanol–water partition coefficient (Wildman–Crippen LogP) is 1.86. The van der Waals surface area contributed by atoms with Crippen molar-refractivity contribution in [2.24, 2.45) is 5.84 Å². The van der Waals surface area contributed by atoms with Gasteiger partial charge in [0.2, 0.25) is 0 Å². The lowest BCUT2D eigenvalue weighted by Gasteiger charge is -2.13. The van der Waals surface area contributed by atoms with E-state index in [1.54, 1.807) is 25.1 Å². The van der Waals surface area contributed by atoms with Crippen molar-refractivity contribution in [3.8, 4) is 5.75 Å².